The van der Waals surface area contributed by atoms with Crippen molar-refractivity contribution in [3.05, 3.63) is 34.4 Å². The van der Waals surface area contributed by atoms with Crippen LogP contribution in [0.5, 0.6) is 0 Å². The summed E-state index contributed by atoms with van der Waals surface area (Å²) in [5.41, 5.74) is 0.747. The second-order valence-corrected chi connectivity index (χ2v) is 4.97. The molecular formula is C13H17N5O2. The predicted octanol–water partition coefficient (Wildman–Crippen LogP) is 0.973. The summed E-state index contributed by atoms with van der Waals surface area (Å²) in [7, 11) is 0. The molecule has 0 N–H and O–H groups in total. The molecule has 0 unspecified atom stereocenters. The van der Waals surface area contributed by atoms with Crippen LogP contribution in [0.3, 0.4) is 0 Å². The van der Waals surface area contributed by atoms with Crippen molar-refractivity contribution in [2.45, 2.75) is 32.7 Å². The lowest BCUT2D eigenvalue weighted by molar-refractivity contribution is 0.437. The number of hydrogen-bond donors (Lipinski definition) is 0. The molecule has 7 heteroatoms. The van der Waals surface area contributed by atoms with Gasteiger partial charge < -0.3 is 9.32 Å². The molecule has 1 aliphatic heterocycles. The first-order valence-electron chi connectivity index (χ1n) is 6.83. The van der Waals surface area contributed by atoms with Crippen LogP contribution in [0.4, 0.5) is 5.69 Å². The first-order valence-corrected chi connectivity index (χ1v) is 6.83. The molecule has 1 saturated heterocycles. The van der Waals surface area contributed by atoms with E-state index in [4.69, 9.17) is 4.42 Å². The van der Waals surface area contributed by atoms with Crippen molar-refractivity contribution in [2.24, 2.45) is 0 Å². The van der Waals surface area contributed by atoms with Gasteiger partial charge in [-0.15, -0.1) is 10.2 Å². The van der Waals surface area contributed by atoms with Crippen molar-refractivity contribution in [3.8, 4) is 0 Å². The van der Waals surface area contributed by atoms with Crippen LogP contribution < -0.4 is 10.5 Å². The number of piperidine rings is 1. The fourth-order valence-electron chi connectivity index (χ4n) is 2.40. The van der Waals surface area contributed by atoms with Crippen LogP contribution in [0.25, 0.3) is 0 Å². The van der Waals surface area contributed by atoms with Gasteiger partial charge in [-0.05, 0) is 19.3 Å². The van der Waals surface area contributed by atoms with E-state index in [1.807, 2.05) is 0 Å². The molecule has 2 aromatic heterocycles. The van der Waals surface area contributed by atoms with E-state index >= 15 is 0 Å². The van der Waals surface area contributed by atoms with E-state index in [0.29, 0.717) is 11.8 Å². The molecule has 0 aliphatic carbocycles. The SMILES string of the molecule is Cc1nnc(Cn2ncc(N3CCCCC3)cc2=O)o1. The number of anilines is 1. The van der Waals surface area contributed by atoms with E-state index < -0.39 is 0 Å². The summed E-state index contributed by atoms with van der Waals surface area (Å²) in [6, 6.07) is 1.63. The first-order chi connectivity index (χ1) is 9.72. The van der Waals surface area contributed by atoms with E-state index in [0.717, 1.165) is 18.8 Å². The number of aryl methyl sites for hydroxylation is 1. The Balaban J connectivity index is 1.78. The Hall–Kier alpha value is -2.18. The fraction of sp³-hybridized carbons (Fsp3) is 0.538. The monoisotopic (exact) mass is 275 g/mol. The molecule has 0 radical (unpaired) electrons. The predicted molar refractivity (Wildman–Crippen MR) is 72.7 cm³/mol. The number of rotatable bonds is 3. The van der Waals surface area contributed by atoms with Crippen molar-refractivity contribution >= 4 is 5.69 Å². The summed E-state index contributed by atoms with van der Waals surface area (Å²) in [5.74, 6) is 0.876. The van der Waals surface area contributed by atoms with Crippen molar-refractivity contribution in [3.63, 3.8) is 0 Å². The van der Waals surface area contributed by atoms with Crippen LogP contribution >= 0.6 is 0 Å². The third-order valence-corrected chi connectivity index (χ3v) is 3.43. The van der Waals surface area contributed by atoms with E-state index in [1.54, 1.807) is 19.2 Å². The highest BCUT2D eigenvalue weighted by molar-refractivity contribution is 5.43. The molecule has 0 amide bonds. The van der Waals surface area contributed by atoms with Gasteiger partial charge in [-0.3, -0.25) is 4.79 Å². The smallest absolute Gasteiger partial charge is 0.269 e. The lowest BCUT2D eigenvalue weighted by Gasteiger charge is -2.28. The van der Waals surface area contributed by atoms with Crippen LogP contribution in [0.15, 0.2) is 21.5 Å². The second kappa shape index (κ2) is 5.44. The third-order valence-electron chi connectivity index (χ3n) is 3.43. The van der Waals surface area contributed by atoms with E-state index in [-0.39, 0.29) is 12.1 Å². The maximum Gasteiger partial charge on any atom is 0.269 e. The molecule has 20 heavy (non-hydrogen) atoms. The van der Waals surface area contributed by atoms with Gasteiger partial charge in [0.15, 0.2) is 0 Å². The largest absolute Gasteiger partial charge is 0.424 e. The van der Waals surface area contributed by atoms with Crippen LogP contribution in [0.1, 0.15) is 31.0 Å². The minimum absolute atomic E-state index is 0.149. The molecule has 3 rings (SSSR count). The zero-order valence-corrected chi connectivity index (χ0v) is 11.4. The topological polar surface area (TPSA) is 77.1 Å². The Morgan fingerprint density at radius 2 is 2.05 bits per heavy atom. The van der Waals surface area contributed by atoms with Gasteiger partial charge in [-0.25, -0.2) is 4.68 Å². The molecule has 0 atom stereocenters. The van der Waals surface area contributed by atoms with E-state index in [9.17, 15) is 4.79 Å². The van der Waals surface area contributed by atoms with Gasteiger partial charge >= 0.3 is 0 Å². The van der Waals surface area contributed by atoms with Gasteiger partial charge in [0.1, 0.15) is 6.54 Å². The third kappa shape index (κ3) is 2.71. The Labute approximate surface area is 116 Å². The molecule has 1 aliphatic rings. The zero-order valence-electron chi connectivity index (χ0n) is 11.4. The highest BCUT2D eigenvalue weighted by Crippen LogP contribution is 2.16. The van der Waals surface area contributed by atoms with Crippen LogP contribution in [0, 0.1) is 6.92 Å². The normalized spacial score (nSPS) is 15.6. The summed E-state index contributed by atoms with van der Waals surface area (Å²) < 4.78 is 6.59. The van der Waals surface area contributed by atoms with Gasteiger partial charge in [-0.2, -0.15) is 5.10 Å². The summed E-state index contributed by atoms with van der Waals surface area (Å²) in [4.78, 5) is 14.3. The lowest BCUT2D eigenvalue weighted by atomic mass is 10.1. The van der Waals surface area contributed by atoms with Crippen molar-refractivity contribution < 1.29 is 4.42 Å². The Morgan fingerprint density at radius 1 is 1.25 bits per heavy atom. The molecule has 2 aromatic rings. The van der Waals surface area contributed by atoms with Crippen LogP contribution in [-0.2, 0) is 6.54 Å². The van der Waals surface area contributed by atoms with E-state index in [1.165, 1.54) is 23.9 Å². The minimum Gasteiger partial charge on any atom is -0.424 e. The molecule has 0 bridgehead atoms. The average Bonchev–Trinajstić information content (AvgIpc) is 2.87. The maximum absolute atomic E-state index is 12.1. The zero-order chi connectivity index (χ0) is 13.9. The lowest BCUT2D eigenvalue weighted by Crippen LogP contribution is -2.32. The molecule has 0 spiro atoms. The number of hydrogen-bond acceptors (Lipinski definition) is 6. The number of nitrogens with zero attached hydrogens (tertiary/aromatic N) is 5. The number of aromatic nitrogens is 4. The van der Waals surface area contributed by atoms with Crippen molar-refractivity contribution in [1.82, 2.24) is 20.0 Å². The molecule has 7 nitrogen and oxygen atoms in total. The van der Waals surface area contributed by atoms with Gasteiger partial charge in [0, 0.05) is 26.1 Å². The second-order valence-electron chi connectivity index (χ2n) is 4.97. The average molecular weight is 275 g/mol. The molecule has 1 fully saturated rings. The molecule has 0 aromatic carbocycles. The fourth-order valence-corrected chi connectivity index (χ4v) is 2.40. The van der Waals surface area contributed by atoms with Crippen LogP contribution in [-0.4, -0.2) is 33.1 Å². The highest BCUT2D eigenvalue weighted by atomic mass is 16.4. The van der Waals surface area contributed by atoms with Crippen LogP contribution in [0.2, 0.25) is 0 Å². The quantitative estimate of drug-likeness (QED) is 0.830. The standard InChI is InChI=1S/C13H17N5O2/c1-10-15-16-12(20-10)9-18-13(19)7-11(8-14-18)17-5-3-2-4-6-17/h7-8H,2-6,9H2,1H3. The Bertz CT molecular complexity index is 642. The molecular weight excluding hydrogens is 258 g/mol. The Kier molecular flexibility index (Phi) is 3.49. The summed E-state index contributed by atoms with van der Waals surface area (Å²) in [6.45, 7) is 3.91. The Morgan fingerprint density at radius 3 is 2.70 bits per heavy atom. The van der Waals surface area contributed by atoms with Gasteiger partial charge in [0.05, 0.1) is 11.9 Å². The first kappa shape index (κ1) is 12.8. The molecule has 0 saturated carbocycles. The molecule has 106 valence electrons. The minimum atomic E-state index is -0.149. The summed E-state index contributed by atoms with van der Waals surface area (Å²) in [5, 5.41) is 11.8. The van der Waals surface area contributed by atoms with E-state index in [2.05, 4.69) is 20.2 Å². The highest BCUT2D eigenvalue weighted by Gasteiger charge is 2.13. The van der Waals surface area contributed by atoms with Crippen molar-refractivity contribution in [2.75, 3.05) is 18.0 Å². The van der Waals surface area contributed by atoms with Gasteiger partial charge in [-0.1, -0.05) is 0 Å². The van der Waals surface area contributed by atoms with Gasteiger partial charge in [0.2, 0.25) is 11.8 Å². The summed E-state index contributed by atoms with van der Waals surface area (Å²) in [6.07, 6.45) is 5.34. The van der Waals surface area contributed by atoms with Crippen molar-refractivity contribution in [1.29, 1.82) is 0 Å². The molecule has 3 heterocycles. The summed E-state index contributed by atoms with van der Waals surface area (Å²) >= 11 is 0. The van der Waals surface area contributed by atoms with Gasteiger partial charge in [0.25, 0.3) is 5.56 Å². The maximum atomic E-state index is 12.1.